The van der Waals surface area contributed by atoms with Gasteiger partial charge in [0.2, 0.25) is 5.91 Å². The van der Waals surface area contributed by atoms with Crippen LogP contribution in [0.3, 0.4) is 0 Å². The second-order valence-electron chi connectivity index (χ2n) is 8.74. The Kier molecular flexibility index (Phi) is 7.47. The number of rotatable bonds is 9. The molecule has 2 N–H and O–H groups in total. The molecule has 2 unspecified atom stereocenters. The molecule has 0 spiro atoms. The summed E-state index contributed by atoms with van der Waals surface area (Å²) in [6.45, 7) is 1.08. The number of carbonyl (C=O) groups excluding carboxylic acids is 2. The van der Waals surface area contributed by atoms with Gasteiger partial charge in [-0.1, -0.05) is 48.5 Å². The van der Waals surface area contributed by atoms with E-state index in [1.54, 1.807) is 12.0 Å². The first-order valence-corrected chi connectivity index (χ1v) is 11.6. The van der Waals surface area contributed by atoms with E-state index in [4.69, 9.17) is 14.6 Å². The van der Waals surface area contributed by atoms with E-state index < -0.39 is 18.1 Å². The van der Waals surface area contributed by atoms with Gasteiger partial charge in [0.15, 0.2) is 0 Å². The Labute approximate surface area is 198 Å². The van der Waals surface area contributed by atoms with Crippen molar-refractivity contribution < 1.29 is 29.0 Å². The largest absolute Gasteiger partial charge is 0.481 e. The monoisotopic (exact) mass is 466 g/mol. The third-order valence-corrected chi connectivity index (χ3v) is 6.60. The number of carboxylic acids is 1. The molecule has 1 aliphatic carbocycles. The van der Waals surface area contributed by atoms with Gasteiger partial charge < -0.3 is 24.8 Å². The van der Waals surface area contributed by atoms with Crippen molar-refractivity contribution in [2.24, 2.45) is 0 Å². The smallest absolute Gasteiger partial charge is 0.407 e. The third-order valence-electron chi connectivity index (χ3n) is 6.60. The minimum Gasteiger partial charge on any atom is -0.481 e. The topological polar surface area (TPSA) is 105 Å². The Morgan fingerprint density at radius 3 is 2.32 bits per heavy atom. The van der Waals surface area contributed by atoms with Gasteiger partial charge in [-0.25, -0.2) is 4.79 Å². The van der Waals surface area contributed by atoms with Crippen molar-refractivity contribution in [2.45, 2.75) is 43.7 Å². The van der Waals surface area contributed by atoms with Crippen molar-refractivity contribution in [3.63, 3.8) is 0 Å². The molecule has 34 heavy (non-hydrogen) atoms. The summed E-state index contributed by atoms with van der Waals surface area (Å²) in [5, 5.41) is 11.8. The lowest BCUT2D eigenvalue weighted by molar-refractivity contribution is -0.138. The Morgan fingerprint density at radius 2 is 1.71 bits per heavy atom. The highest BCUT2D eigenvalue weighted by Crippen LogP contribution is 2.44. The number of alkyl carbamates (subject to hydrolysis) is 1. The Morgan fingerprint density at radius 1 is 1.06 bits per heavy atom. The van der Waals surface area contributed by atoms with Gasteiger partial charge in [-0.3, -0.25) is 9.59 Å². The maximum absolute atomic E-state index is 13.2. The third kappa shape index (κ3) is 5.07. The number of benzene rings is 2. The van der Waals surface area contributed by atoms with Crippen molar-refractivity contribution in [3.8, 4) is 11.1 Å². The second kappa shape index (κ2) is 10.7. The molecule has 8 heteroatoms. The zero-order valence-electron chi connectivity index (χ0n) is 19.2. The summed E-state index contributed by atoms with van der Waals surface area (Å²) < 4.78 is 10.8. The van der Waals surface area contributed by atoms with Crippen molar-refractivity contribution >= 4 is 18.0 Å². The minimum atomic E-state index is -1.03. The average molecular weight is 467 g/mol. The molecule has 1 saturated heterocycles. The molecule has 2 aromatic carbocycles. The van der Waals surface area contributed by atoms with Crippen LogP contribution < -0.4 is 5.32 Å². The van der Waals surface area contributed by atoms with E-state index in [-0.39, 0.29) is 37.3 Å². The van der Waals surface area contributed by atoms with Gasteiger partial charge in [0, 0.05) is 26.0 Å². The summed E-state index contributed by atoms with van der Waals surface area (Å²) in [5.74, 6) is -1.42. The standard InChI is InChI=1S/C26H30N2O6/c1-33-15-17-7-6-14-28(17)25(31)23(12-13-24(29)30)27-26(32)34-16-22-20-10-4-2-8-18(20)19-9-3-5-11-21(19)22/h2-5,8-11,17,22-23H,6-7,12-16H2,1H3,(H,27,32)(H,29,30). The zero-order valence-corrected chi connectivity index (χ0v) is 19.2. The summed E-state index contributed by atoms with van der Waals surface area (Å²) >= 11 is 0. The van der Waals surface area contributed by atoms with Crippen LogP contribution in [0.2, 0.25) is 0 Å². The van der Waals surface area contributed by atoms with Crippen LogP contribution in [0.5, 0.6) is 0 Å². The van der Waals surface area contributed by atoms with Gasteiger partial charge in [-0.15, -0.1) is 0 Å². The van der Waals surface area contributed by atoms with Crippen LogP contribution in [0.1, 0.15) is 42.7 Å². The number of carbonyl (C=O) groups is 3. The molecular formula is C26H30N2O6. The van der Waals surface area contributed by atoms with E-state index >= 15 is 0 Å². The van der Waals surface area contributed by atoms with Gasteiger partial charge in [-0.05, 0) is 41.5 Å². The molecule has 1 aliphatic heterocycles. The lowest BCUT2D eigenvalue weighted by Crippen LogP contribution is -2.51. The highest BCUT2D eigenvalue weighted by molar-refractivity contribution is 5.87. The predicted octanol–water partition coefficient (Wildman–Crippen LogP) is 3.40. The second-order valence-corrected chi connectivity index (χ2v) is 8.74. The summed E-state index contributed by atoms with van der Waals surface area (Å²) in [6.07, 6.45) is 0.692. The number of hydrogen-bond acceptors (Lipinski definition) is 5. The van der Waals surface area contributed by atoms with Gasteiger partial charge in [0.05, 0.1) is 12.6 Å². The first-order valence-electron chi connectivity index (χ1n) is 11.6. The summed E-state index contributed by atoms with van der Waals surface area (Å²) in [7, 11) is 1.58. The molecule has 2 atom stereocenters. The Bertz CT molecular complexity index is 1010. The lowest BCUT2D eigenvalue weighted by Gasteiger charge is -2.28. The maximum Gasteiger partial charge on any atom is 0.407 e. The molecule has 1 heterocycles. The molecule has 4 rings (SSSR count). The Balaban J connectivity index is 1.43. The van der Waals surface area contributed by atoms with E-state index in [1.807, 2.05) is 36.4 Å². The number of nitrogens with zero attached hydrogens (tertiary/aromatic N) is 1. The molecule has 180 valence electrons. The van der Waals surface area contributed by atoms with Gasteiger partial charge in [0.25, 0.3) is 0 Å². The van der Waals surface area contributed by atoms with Crippen molar-refractivity contribution in [3.05, 3.63) is 59.7 Å². The molecule has 2 amide bonds. The number of likely N-dealkylation sites (tertiary alicyclic amines) is 1. The van der Waals surface area contributed by atoms with Crippen LogP contribution in [0.25, 0.3) is 11.1 Å². The average Bonchev–Trinajstić information content (AvgIpc) is 3.43. The molecule has 0 bridgehead atoms. The fourth-order valence-corrected chi connectivity index (χ4v) is 5.00. The number of methoxy groups -OCH3 is 1. The van der Waals surface area contributed by atoms with Crippen LogP contribution in [0.15, 0.2) is 48.5 Å². The molecule has 0 aromatic heterocycles. The first-order chi connectivity index (χ1) is 16.5. The lowest BCUT2D eigenvalue weighted by atomic mass is 9.98. The number of fused-ring (bicyclic) bond motifs is 3. The van der Waals surface area contributed by atoms with Crippen LogP contribution >= 0.6 is 0 Å². The predicted molar refractivity (Wildman–Crippen MR) is 125 cm³/mol. The van der Waals surface area contributed by atoms with E-state index in [0.717, 1.165) is 35.1 Å². The number of amides is 2. The molecular weight excluding hydrogens is 436 g/mol. The number of hydrogen-bond donors (Lipinski definition) is 2. The number of carboxylic acid groups (broad SMARTS) is 1. The van der Waals surface area contributed by atoms with Crippen LogP contribution in [-0.2, 0) is 19.1 Å². The molecule has 8 nitrogen and oxygen atoms in total. The van der Waals surface area contributed by atoms with Crippen LogP contribution in [0, 0.1) is 0 Å². The number of nitrogens with one attached hydrogen (secondary N) is 1. The minimum absolute atomic E-state index is 0.00539. The van der Waals surface area contributed by atoms with Crippen molar-refractivity contribution in [2.75, 3.05) is 26.9 Å². The maximum atomic E-state index is 13.2. The molecule has 0 radical (unpaired) electrons. The summed E-state index contributed by atoms with van der Waals surface area (Å²) in [5.41, 5.74) is 4.43. The van der Waals surface area contributed by atoms with Crippen molar-refractivity contribution in [1.29, 1.82) is 0 Å². The molecule has 1 fully saturated rings. The van der Waals surface area contributed by atoms with Gasteiger partial charge in [-0.2, -0.15) is 0 Å². The van der Waals surface area contributed by atoms with Crippen LogP contribution in [0.4, 0.5) is 4.79 Å². The van der Waals surface area contributed by atoms with Crippen molar-refractivity contribution in [1.82, 2.24) is 10.2 Å². The summed E-state index contributed by atoms with van der Waals surface area (Å²) in [4.78, 5) is 38.7. The van der Waals surface area contributed by atoms with Crippen LogP contribution in [-0.4, -0.2) is 66.9 Å². The van der Waals surface area contributed by atoms with E-state index in [2.05, 4.69) is 17.4 Å². The fraction of sp³-hybridized carbons (Fsp3) is 0.423. The quantitative estimate of drug-likeness (QED) is 0.587. The highest BCUT2D eigenvalue weighted by Gasteiger charge is 2.35. The number of aliphatic carboxylic acids is 1. The number of ether oxygens (including phenoxy) is 2. The van der Waals surface area contributed by atoms with Gasteiger partial charge in [0.1, 0.15) is 12.6 Å². The first kappa shape index (κ1) is 23.8. The molecule has 2 aromatic rings. The molecule has 2 aliphatic rings. The zero-order chi connectivity index (χ0) is 24.1. The highest BCUT2D eigenvalue weighted by atomic mass is 16.5. The SMILES string of the molecule is COCC1CCCN1C(=O)C(CCC(=O)O)NC(=O)OCC1c2ccccc2-c2ccccc21. The van der Waals surface area contributed by atoms with E-state index in [1.165, 1.54) is 0 Å². The Hall–Kier alpha value is -3.39. The fourth-order valence-electron chi connectivity index (χ4n) is 5.00. The molecule has 0 saturated carbocycles. The van der Waals surface area contributed by atoms with E-state index in [9.17, 15) is 14.4 Å². The summed E-state index contributed by atoms with van der Waals surface area (Å²) in [6, 6.07) is 15.0. The van der Waals surface area contributed by atoms with E-state index in [0.29, 0.717) is 13.2 Å². The normalized spacial score (nSPS) is 17.7. The van der Waals surface area contributed by atoms with Gasteiger partial charge >= 0.3 is 12.1 Å².